The topological polar surface area (TPSA) is 52.6 Å². The summed E-state index contributed by atoms with van der Waals surface area (Å²) in [5, 5.41) is 0. The maximum Gasteiger partial charge on any atom is 0.339 e. The predicted molar refractivity (Wildman–Crippen MR) is 105 cm³/mol. The number of unbranched alkanes of at least 4 members (excludes halogenated alkanes) is 1. The van der Waals surface area contributed by atoms with Crippen molar-refractivity contribution in [1.29, 1.82) is 0 Å². The van der Waals surface area contributed by atoms with E-state index in [9.17, 15) is 9.59 Å². The van der Waals surface area contributed by atoms with Gasteiger partial charge in [0.15, 0.2) is 0 Å². The van der Waals surface area contributed by atoms with Crippen LogP contribution in [0.1, 0.15) is 86.6 Å². The summed E-state index contributed by atoms with van der Waals surface area (Å²) in [6.45, 7) is 11.2. The molecule has 0 atom stereocenters. The van der Waals surface area contributed by atoms with Crippen molar-refractivity contribution in [2.45, 2.75) is 66.7 Å². The van der Waals surface area contributed by atoms with E-state index in [1.807, 2.05) is 6.07 Å². The zero-order chi connectivity index (χ0) is 19.5. The minimum atomic E-state index is -0.455. The third kappa shape index (κ3) is 8.03. The Hall–Kier alpha value is -1.84. The molecule has 0 unspecified atom stereocenters. The van der Waals surface area contributed by atoms with Gasteiger partial charge in [-0.3, -0.25) is 0 Å². The SMILES string of the molecule is CCCCc1ccc(C(=O)OCCC(C)C)c(C(=O)OCCC(C)C)c1. The molecular formula is C22H34O4. The molecule has 0 saturated heterocycles. The molecule has 0 heterocycles. The Morgan fingerprint density at radius 2 is 1.42 bits per heavy atom. The first kappa shape index (κ1) is 22.2. The van der Waals surface area contributed by atoms with Crippen LogP contribution in [0, 0.1) is 11.8 Å². The highest BCUT2D eigenvalue weighted by atomic mass is 16.5. The largest absolute Gasteiger partial charge is 0.462 e. The van der Waals surface area contributed by atoms with E-state index in [0.29, 0.717) is 36.2 Å². The summed E-state index contributed by atoms with van der Waals surface area (Å²) in [4.78, 5) is 25.0. The molecule has 0 aliphatic rings. The van der Waals surface area contributed by atoms with E-state index in [1.54, 1.807) is 12.1 Å². The molecule has 0 bridgehead atoms. The lowest BCUT2D eigenvalue weighted by Crippen LogP contribution is -2.16. The van der Waals surface area contributed by atoms with Crippen molar-refractivity contribution < 1.29 is 19.1 Å². The quantitative estimate of drug-likeness (QED) is 0.492. The van der Waals surface area contributed by atoms with Gasteiger partial charge in [-0.25, -0.2) is 9.59 Å². The molecule has 4 heteroatoms. The van der Waals surface area contributed by atoms with Crippen LogP contribution in [0.15, 0.2) is 18.2 Å². The molecule has 0 N–H and O–H groups in total. The van der Waals surface area contributed by atoms with Crippen LogP contribution < -0.4 is 0 Å². The van der Waals surface area contributed by atoms with Crippen molar-refractivity contribution >= 4 is 11.9 Å². The molecule has 0 fully saturated rings. The first-order chi connectivity index (χ1) is 12.3. The van der Waals surface area contributed by atoms with E-state index in [2.05, 4.69) is 34.6 Å². The number of rotatable bonds is 11. The van der Waals surface area contributed by atoms with Gasteiger partial charge in [0.2, 0.25) is 0 Å². The molecule has 1 rings (SSSR count). The molecule has 0 aliphatic carbocycles. The van der Waals surface area contributed by atoms with Gasteiger partial charge in [0.25, 0.3) is 0 Å². The molecule has 4 nitrogen and oxygen atoms in total. The molecule has 0 aromatic heterocycles. The Bertz CT molecular complexity index is 576. The summed E-state index contributed by atoms with van der Waals surface area (Å²) in [5.74, 6) is 0.0159. The van der Waals surface area contributed by atoms with Gasteiger partial charge in [0, 0.05) is 0 Å². The molecule has 1 aromatic carbocycles. The Kier molecular flexibility index (Phi) is 10.0. The highest BCUT2D eigenvalue weighted by molar-refractivity contribution is 6.03. The number of hydrogen-bond acceptors (Lipinski definition) is 4. The number of hydrogen-bond donors (Lipinski definition) is 0. The number of benzene rings is 1. The normalized spacial score (nSPS) is 11.0. The van der Waals surface area contributed by atoms with Crippen LogP contribution in [0.25, 0.3) is 0 Å². The van der Waals surface area contributed by atoms with E-state index in [0.717, 1.165) is 37.7 Å². The fraction of sp³-hybridized carbons (Fsp3) is 0.636. The third-order valence-electron chi connectivity index (χ3n) is 4.20. The zero-order valence-electron chi connectivity index (χ0n) is 17.0. The number of aryl methyl sites for hydroxylation is 1. The lowest BCUT2D eigenvalue weighted by Gasteiger charge is -2.13. The van der Waals surface area contributed by atoms with Gasteiger partial charge in [-0.1, -0.05) is 47.1 Å². The summed E-state index contributed by atoms with van der Waals surface area (Å²) < 4.78 is 10.7. The number of ether oxygens (including phenoxy) is 2. The average Bonchev–Trinajstić information content (AvgIpc) is 2.58. The lowest BCUT2D eigenvalue weighted by atomic mass is 10.0. The molecule has 146 valence electrons. The van der Waals surface area contributed by atoms with E-state index >= 15 is 0 Å². The second kappa shape index (κ2) is 11.7. The van der Waals surface area contributed by atoms with Crippen LogP contribution in [-0.4, -0.2) is 25.2 Å². The Labute approximate surface area is 158 Å². The Morgan fingerprint density at radius 3 is 1.92 bits per heavy atom. The Balaban J connectivity index is 2.92. The second-order valence-corrected chi connectivity index (χ2v) is 7.62. The van der Waals surface area contributed by atoms with Crippen molar-refractivity contribution in [2.75, 3.05) is 13.2 Å². The molecular weight excluding hydrogens is 328 g/mol. The predicted octanol–water partition coefficient (Wildman–Crippen LogP) is 5.44. The molecule has 26 heavy (non-hydrogen) atoms. The monoisotopic (exact) mass is 362 g/mol. The minimum absolute atomic E-state index is 0.295. The standard InChI is InChI=1S/C22H34O4/c1-6-7-8-18-9-10-19(21(23)25-13-11-16(2)3)20(15-18)22(24)26-14-12-17(4)5/h9-10,15-17H,6-8,11-14H2,1-5H3. The van der Waals surface area contributed by atoms with E-state index in [1.165, 1.54) is 0 Å². The molecule has 0 radical (unpaired) electrons. The first-order valence-corrected chi connectivity index (χ1v) is 9.82. The van der Waals surface area contributed by atoms with Crippen LogP contribution in [0.3, 0.4) is 0 Å². The second-order valence-electron chi connectivity index (χ2n) is 7.62. The van der Waals surface area contributed by atoms with E-state index in [-0.39, 0.29) is 0 Å². The van der Waals surface area contributed by atoms with Crippen LogP contribution in [0.2, 0.25) is 0 Å². The van der Waals surface area contributed by atoms with E-state index in [4.69, 9.17) is 9.47 Å². The van der Waals surface area contributed by atoms with E-state index < -0.39 is 11.9 Å². The smallest absolute Gasteiger partial charge is 0.339 e. The van der Waals surface area contributed by atoms with Crippen LogP contribution in [-0.2, 0) is 15.9 Å². The van der Waals surface area contributed by atoms with Crippen LogP contribution in [0.4, 0.5) is 0 Å². The maximum atomic E-state index is 12.5. The van der Waals surface area contributed by atoms with Gasteiger partial charge < -0.3 is 9.47 Å². The summed E-state index contributed by atoms with van der Waals surface area (Å²) in [5.41, 5.74) is 1.65. The molecule has 0 saturated carbocycles. The van der Waals surface area contributed by atoms with Crippen molar-refractivity contribution in [3.8, 4) is 0 Å². The highest BCUT2D eigenvalue weighted by Gasteiger charge is 2.20. The molecule has 0 aliphatic heterocycles. The van der Waals surface area contributed by atoms with Crippen molar-refractivity contribution in [3.05, 3.63) is 34.9 Å². The summed E-state index contributed by atoms with van der Waals surface area (Å²) in [7, 11) is 0. The summed E-state index contributed by atoms with van der Waals surface area (Å²) in [6, 6.07) is 5.38. The highest BCUT2D eigenvalue weighted by Crippen LogP contribution is 2.18. The zero-order valence-corrected chi connectivity index (χ0v) is 17.0. The average molecular weight is 363 g/mol. The molecule has 0 amide bonds. The molecule has 1 aromatic rings. The van der Waals surface area contributed by atoms with Gasteiger partial charge in [-0.15, -0.1) is 0 Å². The van der Waals surface area contributed by atoms with Gasteiger partial charge in [-0.05, 0) is 55.2 Å². The van der Waals surface area contributed by atoms with Gasteiger partial charge in [0.1, 0.15) is 0 Å². The van der Waals surface area contributed by atoms with Crippen molar-refractivity contribution in [2.24, 2.45) is 11.8 Å². The Morgan fingerprint density at radius 1 is 0.885 bits per heavy atom. The van der Waals surface area contributed by atoms with Gasteiger partial charge in [0.05, 0.1) is 24.3 Å². The van der Waals surface area contributed by atoms with Crippen molar-refractivity contribution in [1.82, 2.24) is 0 Å². The number of carbonyl (C=O) groups is 2. The number of esters is 2. The van der Waals surface area contributed by atoms with Gasteiger partial charge >= 0.3 is 11.9 Å². The fourth-order valence-corrected chi connectivity index (χ4v) is 2.40. The fourth-order valence-electron chi connectivity index (χ4n) is 2.40. The van der Waals surface area contributed by atoms with Gasteiger partial charge in [-0.2, -0.15) is 0 Å². The summed E-state index contributed by atoms with van der Waals surface area (Å²) in [6.07, 6.45) is 4.60. The minimum Gasteiger partial charge on any atom is -0.462 e. The van der Waals surface area contributed by atoms with Crippen LogP contribution in [0.5, 0.6) is 0 Å². The molecule has 0 spiro atoms. The summed E-state index contributed by atoms with van der Waals surface area (Å²) >= 11 is 0. The number of carbonyl (C=O) groups excluding carboxylic acids is 2. The van der Waals surface area contributed by atoms with Crippen LogP contribution >= 0.6 is 0 Å². The third-order valence-corrected chi connectivity index (χ3v) is 4.20. The first-order valence-electron chi connectivity index (χ1n) is 9.82. The lowest BCUT2D eigenvalue weighted by molar-refractivity contribution is 0.0440. The maximum absolute atomic E-state index is 12.5. The van der Waals surface area contributed by atoms with Crippen molar-refractivity contribution in [3.63, 3.8) is 0 Å².